The molecular weight excluding hydrogens is 408 g/mol. The lowest BCUT2D eigenvalue weighted by Crippen LogP contribution is -2.21. The maximum Gasteiger partial charge on any atom is 0.190 e. The Bertz CT molecular complexity index is 1590. The van der Waals surface area contributed by atoms with Gasteiger partial charge in [0.25, 0.3) is 0 Å². The van der Waals surface area contributed by atoms with Gasteiger partial charge in [-0.05, 0) is 66.8 Å². The van der Waals surface area contributed by atoms with Gasteiger partial charge in [0, 0.05) is 41.7 Å². The van der Waals surface area contributed by atoms with Crippen molar-refractivity contribution in [2.45, 2.75) is 20.3 Å². The number of allylic oxidation sites excluding steroid dienone is 1. The van der Waals surface area contributed by atoms with Crippen LogP contribution in [0, 0.1) is 0 Å². The van der Waals surface area contributed by atoms with E-state index in [0.717, 1.165) is 52.9 Å². The lowest BCUT2D eigenvalue weighted by atomic mass is 9.96. The summed E-state index contributed by atoms with van der Waals surface area (Å²) in [5.74, 6) is 0.520. The van der Waals surface area contributed by atoms with E-state index in [1.807, 2.05) is 24.3 Å². The molecule has 0 saturated heterocycles. The van der Waals surface area contributed by atoms with Gasteiger partial charge >= 0.3 is 0 Å². The van der Waals surface area contributed by atoms with Gasteiger partial charge in [-0.25, -0.2) is 4.98 Å². The van der Waals surface area contributed by atoms with E-state index in [9.17, 15) is 4.79 Å². The summed E-state index contributed by atoms with van der Waals surface area (Å²) in [7, 11) is 0. The van der Waals surface area contributed by atoms with E-state index in [1.165, 1.54) is 11.1 Å². The highest BCUT2D eigenvalue weighted by molar-refractivity contribution is 5.98. The quantitative estimate of drug-likeness (QED) is 0.239. The smallest absolute Gasteiger partial charge is 0.190 e. The lowest BCUT2D eigenvalue weighted by molar-refractivity contribution is 0.613. The molecule has 2 aliphatic carbocycles. The molecular formula is C29H24N2O2. The van der Waals surface area contributed by atoms with Crippen molar-refractivity contribution in [1.82, 2.24) is 4.98 Å². The van der Waals surface area contributed by atoms with Crippen molar-refractivity contribution in [1.29, 1.82) is 0 Å². The first kappa shape index (κ1) is 19.7. The summed E-state index contributed by atoms with van der Waals surface area (Å²) in [5, 5.41) is 1.48. The number of hydrogen-bond donors (Lipinski definition) is 0. The molecule has 0 aromatic heterocycles. The second kappa shape index (κ2) is 7.59. The van der Waals surface area contributed by atoms with Crippen molar-refractivity contribution >= 4 is 33.6 Å². The van der Waals surface area contributed by atoms with E-state index in [0.29, 0.717) is 16.7 Å². The zero-order valence-electron chi connectivity index (χ0n) is 18.8. The number of aromatic nitrogens is 1. The first-order chi connectivity index (χ1) is 16.1. The Morgan fingerprint density at radius 1 is 0.909 bits per heavy atom. The van der Waals surface area contributed by atoms with Crippen LogP contribution in [0.5, 0.6) is 0 Å². The van der Waals surface area contributed by atoms with Gasteiger partial charge in [0.05, 0.1) is 0 Å². The zero-order chi connectivity index (χ0) is 22.5. The summed E-state index contributed by atoms with van der Waals surface area (Å²) in [5.41, 5.74) is 7.98. The molecule has 3 aliphatic rings. The van der Waals surface area contributed by atoms with Crippen LogP contribution in [0.15, 0.2) is 76.0 Å². The molecule has 0 radical (unpaired) electrons. The number of benzene rings is 4. The van der Waals surface area contributed by atoms with Crippen LogP contribution < -0.4 is 10.3 Å². The van der Waals surface area contributed by atoms with Crippen molar-refractivity contribution in [2.75, 3.05) is 18.0 Å². The van der Waals surface area contributed by atoms with E-state index in [1.54, 1.807) is 6.07 Å². The SMILES string of the molecule is CCN(CC)c1ccc2nc3c4ccc(-c5ccc6c(c5)C=CC6)cc4c(=O)cc-3oc2c1. The minimum Gasteiger partial charge on any atom is -0.453 e. The second-order valence-corrected chi connectivity index (χ2v) is 8.54. The van der Waals surface area contributed by atoms with Gasteiger partial charge in [-0.1, -0.05) is 36.4 Å². The Kier molecular flexibility index (Phi) is 4.54. The van der Waals surface area contributed by atoms with E-state index in [-0.39, 0.29) is 5.43 Å². The van der Waals surface area contributed by atoms with Gasteiger partial charge in [0.15, 0.2) is 16.8 Å². The number of anilines is 1. The first-order valence-electron chi connectivity index (χ1n) is 11.5. The van der Waals surface area contributed by atoms with Gasteiger partial charge in [-0.3, -0.25) is 4.79 Å². The van der Waals surface area contributed by atoms with Gasteiger partial charge < -0.3 is 9.32 Å². The molecule has 0 spiro atoms. The highest BCUT2D eigenvalue weighted by Crippen LogP contribution is 2.34. The van der Waals surface area contributed by atoms with Crippen molar-refractivity contribution in [3.8, 4) is 22.6 Å². The molecule has 3 aromatic rings. The van der Waals surface area contributed by atoms with E-state index < -0.39 is 0 Å². The van der Waals surface area contributed by atoms with Crippen molar-refractivity contribution in [2.24, 2.45) is 0 Å². The summed E-state index contributed by atoms with van der Waals surface area (Å²) >= 11 is 0. The largest absolute Gasteiger partial charge is 0.453 e. The highest BCUT2D eigenvalue weighted by atomic mass is 16.3. The Labute approximate surface area is 192 Å². The minimum absolute atomic E-state index is 0.0507. The average Bonchev–Trinajstić information content (AvgIpc) is 3.32. The zero-order valence-corrected chi connectivity index (χ0v) is 18.8. The predicted octanol–water partition coefficient (Wildman–Crippen LogP) is 6.53. The third-order valence-corrected chi connectivity index (χ3v) is 6.67. The fourth-order valence-corrected chi connectivity index (χ4v) is 4.85. The Hall–Kier alpha value is -3.92. The minimum atomic E-state index is -0.0507. The van der Waals surface area contributed by atoms with E-state index >= 15 is 0 Å². The maximum absolute atomic E-state index is 13.1. The maximum atomic E-state index is 13.1. The standard InChI is InChI=1S/C29H24N2O2/c1-3-31(4-2)22-11-13-25-27(16-22)33-28-17-26(32)24-15-21(10-12-23(24)29(28)30-25)20-9-8-18-6-5-7-19(18)14-20/h5,7-17H,3-4,6H2,1-2H3. The first-order valence-corrected chi connectivity index (χ1v) is 11.5. The van der Waals surface area contributed by atoms with Crippen molar-refractivity contribution in [3.05, 3.63) is 88.1 Å². The number of nitrogens with zero attached hydrogens (tertiary/aromatic N) is 2. The Morgan fingerprint density at radius 2 is 1.73 bits per heavy atom. The lowest BCUT2D eigenvalue weighted by Gasteiger charge is -2.21. The van der Waals surface area contributed by atoms with Crippen LogP contribution in [0.1, 0.15) is 25.0 Å². The van der Waals surface area contributed by atoms with Gasteiger partial charge in [0.2, 0.25) is 0 Å². The summed E-state index contributed by atoms with van der Waals surface area (Å²) in [6, 6.07) is 20.2. The molecule has 6 rings (SSSR count). The normalized spacial score (nSPS) is 12.7. The van der Waals surface area contributed by atoms with Crippen LogP contribution in [0.25, 0.3) is 50.5 Å². The molecule has 162 valence electrons. The number of hydrogen-bond acceptors (Lipinski definition) is 4. The summed E-state index contributed by atoms with van der Waals surface area (Å²) < 4.78 is 6.18. The number of rotatable bonds is 4. The fourth-order valence-electron chi connectivity index (χ4n) is 4.85. The molecule has 0 saturated carbocycles. The van der Waals surface area contributed by atoms with Crippen LogP contribution in [-0.4, -0.2) is 18.1 Å². The van der Waals surface area contributed by atoms with Crippen LogP contribution in [0.2, 0.25) is 0 Å². The topological polar surface area (TPSA) is 46.3 Å². The molecule has 3 aromatic carbocycles. The van der Waals surface area contributed by atoms with Crippen LogP contribution in [0.3, 0.4) is 0 Å². The molecule has 0 atom stereocenters. The monoisotopic (exact) mass is 432 g/mol. The number of fused-ring (bicyclic) bond motifs is 5. The Balaban J connectivity index is 1.51. The van der Waals surface area contributed by atoms with Crippen LogP contribution in [-0.2, 0) is 6.42 Å². The van der Waals surface area contributed by atoms with Gasteiger partial charge in [-0.15, -0.1) is 0 Å². The van der Waals surface area contributed by atoms with Crippen LogP contribution >= 0.6 is 0 Å². The van der Waals surface area contributed by atoms with E-state index in [2.05, 4.69) is 61.2 Å². The molecule has 0 fully saturated rings. The molecule has 4 nitrogen and oxygen atoms in total. The average molecular weight is 433 g/mol. The highest BCUT2D eigenvalue weighted by Gasteiger charge is 2.17. The Morgan fingerprint density at radius 3 is 2.58 bits per heavy atom. The summed E-state index contributed by atoms with van der Waals surface area (Å²) in [4.78, 5) is 20.2. The molecule has 0 amide bonds. The third kappa shape index (κ3) is 3.21. The molecule has 1 heterocycles. The predicted molar refractivity (Wildman–Crippen MR) is 136 cm³/mol. The summed E-state index contributed by atoms with van der Waals surface area (Å²) in [6.45, 7) is 6.10. The molecule has 0 unspecified atom stereocenters. The van der Waals surface area contributed by atoms with Crippen molar-refractivity contribution < 1.29 is 4.42 Å². The molecule has 4 heteroatoms. The van der Waals surface area contributed by atoms with Crippen molar-refractivity contribution in [3.63, 3.8) is 0 Å². The molecule has 0 N–H and O–H groups in total. The summed E-state index contributed by atoms with van der Waals surface area (Å²) in [6.07, 6.45) is 5.33. The van der Waals surface area contributed by atoms with Gasteiger partial charge in [-0.2, -0.15) is 0 Å². The second-order valence-electron chi connectivity index (χ2n) is 8.54. The van der Waals surface area contributed by atoms with Crippen LogP contribution in [0.4, 0.5) is 5.69 Å². The third-order valence-electron chi connectivity index (χ3n) is 6.67. The molecule has 33 heavy (non-hydrogen) atoms. The van der Waals surface area contributed by atoms with Gasteiger partial charge in [0.1, 0.15) is 11.2 Å². The van der Waals surface area contributed by atoms with E-state index in [4.69, 9.17) is 9.40 Å². The fraction of sp³-hybridized carbons (Fsp3) is 0.172. The molecule has 1 aliphatic heterocycles. The molecule has 0 bridgehead atoms.